The lowest BCUT2D eigenvalue weighted by atomic mass is 10.1. The third kappa shape index (κ3) is 9.11. The number of nitrogens with one attached hydrogen (secondary N) is 4. The minimum Gasteiger partial charge on any atom is -0.370 e. The van der Waals surface area contributed by atoms with E-state index in [2.05, 4.69) is 69.7 Å². The van der Waals surface area contributed by atoms with Crippen LogP contribution in [0.3, 0.4) is 0 Å². The van der Waals surface area contributed by atoms with Crippen molar-refractivity contribution >= 4 is 28.4 Å². The maximum absolute atomic E-state index is 13.0. The molecule has 2 aromatic heterocycles. The van der Waals surface area contributed by atoms with E-state index >= 15 is 0 Å². The first-order valence-corrected chi connectivity index (χ1v) is 14.6. The second-order valence-electron chi connectivity index (χ2n) is 10.7. The zero-order valence-electron chi connectivity index (χ0n) is 24.8. The molecule has 1 amide bonds. The van der Waals surface area contributed by atoms with Gasteiger partial charge >= 0.3 is 0 Å². The predicted molar refractivity (Wildman–Crippen MR) is 169 cm³/mol. The lowest BCUT2D eigenvalue weighted by molar-refractivity contribution is 0.102. The van der Waals surface area contributed by atoms with Gasteiger partial charge in [0, 0.05) is 62.3 Å². The number of aromatic amines is 1. The molecule has 4 aromatic rings. The summed E-state index contributed by atoms with van der Waals surface area (Å²) in [6, 6.07) is 17.6. The van der Waals surface area contributed by atoms with Crippen LogP contribution in [0, 0.1) is 0 Å². The van der Waals surface area contributed by atoms with Gasteiger partial charge < -0.3 is 25.8 Å². The van der Waals surface area contributed by atoms with Crippen LogP contribution in [0.5, 0.6) is 0 Å². The highest BCUT2D eigenvalue weighted by atomic mass is 16.1. The summed E-state index contributed by atoms with van der Waals surface area (Å²) in [7, 11) is 4.15. The number of amides is 1. The third-order valence-electron chi connectivity index (χ3n) is 6.67. The van der Waals surface area contributed by atoms with E-state index in [1.165, 1.54) is 6.42 Å². The number of H-pyrrole nitrogens is 1. The van der Waals surface area contributed by atoms with Gasteiger partial charge in [-0.05, 0) is 75.1 Å². The van der Waals surface area contributed by atoms with Crippen molar-refractivity contribution < 1.29 is 4.79 Å². The number of fused-ring (bicyclic) bond motifs is 1. The Morgan fingerprint density at radius 2 is 1.85 bits per heavy atom. The number of benzene rings is 2. The zero-order chi connectivity index (χ0) is 29.0. The van der Waals surface area contributed by atoms with Crippen LogP contribution in [-0.4, -0.2) is 84.0 Å². The minimum atomic E-state index is -0.121. The molecule has 0 atom stereocenters. The van der Waals surface area contributed by atoms with Gasteiger partial charge in [0.2, 0.25) is 0 Å². The number of nitrogens with zero attached hydrogens (tertiary/aromatic N) is 4. The molecule has 1 fully saturated rings. The molecule has 9 heteroatoms. The number of pyridine rings is 1. The quantitative estimate of drug-likeness (QED) is 0.203. The molecule has 0 radical (unpaired) electrons. The largest absolute Gasteiger partial charge is 0.370 e. The highest BCUT2D eigenvalue weighted by Crippen LogP contribution is 2.24. The van der Waals surface area contributed by atoms with Crippen molar-refractivity contribution in [3.05, 3.63) is 71.9 Å². The van der Waals surface area contributed by atoms with Gasteiger partial charge in [-0.1, -0.05) is 32.4 Å². The standard InChI is InChI=1S/C29H36N8O.C3H8/c1-36(2)14-4-11-31-27-10-7-23(19-32-27)28-34-25-9-8-24(18-26(25)35-28)33-29(38)22-6-3-5-21(17-22)20-37-15-12-30-13-16-37;1-3-2/h3,5-10,17-19,30H,4,11-16,20H2,1-2H3,(H,31,32)(H,33,38)(H,34,35);3H2,1-2H3. The summed E-state index contributed by atoms with van der Waals surface area (Å²) in [5, 5.41) is 9.76. The summed E-state index contributed by atoms with van der Waals surface area (Å²) in [4.78, 5) is 30.2. The lowest BCUT2D eigenvalue weighted by Gasteiger charge is -2.27. The number of anilines is 2. The molecular formula is C32H44N8O. The summed E-state index contributed by atoms with van der Waals surface area (Å²) < 4.78 is 0. The van der Waals surface area contributed by atoms with E-state index in [-0.39, 0.29) is 5.91 Å². The Balaban J connectivity index is 0.00000124. The summed E-state index contributed by atoms with van der Waals surface area (Å²) in [5.74, 6) is 1.48. The fourth-order valence-electron chi connectivity index (χ4n) is 4.62. The van der Waals surface area contributed by atoms with E-state index in [0.29, 0.717) is 5.56 Å². The van der Waals surface area contributed by atoms with Crippen LogP contribution in [0.25, 0.3) is 22.4 Å². The second kappa shape index (κ2) is 15.3. The number of hydrogen-bond acceptors (Lipinski definition) is 7. The highest BCUT2D eigenvalue weighted by Gasteiger charge is 2.13. The molecule has 2 aromatic carbocycles. The third-order valence-corrected chi connectivity index (χ3v) is 6.67. The number of imidazole rings is 1. The van der Waals surface area contributed by atoms with Gasteiger partial charge in [0.1, 0.15) is 11.6 Å². The second-order valence-corrected chi connectivity index (χ2v) is 10.7. The molecule has 0 spiro atoms. The van der Waals surface area contributed by atoms with Crippen LogP contribution in [-0.2, 0) is 6.54 Å². The van der Waals surface area contributed by atoms with Crippen molar-refractivity contribution in [2.45, 2.75) is 33.2 Å². The van der Waals surface area contributed by atoms with Crippen molar-refractivity contribution in [3.8, 4) is 11.4 Å². The molecule has 3 heterocycles. The first-order chi connectivity index (χ1) is 19.9. The number of piperazine rings is 1. The topological polar surface area (TPSA) is 101 Å². The maximum atomic E-state index is 13.0. The van der Waals surface area contributed by atoms with Crippen molar-refractivity contribution in [1.29, 1.82) is 0 Å². The van der Waals surface area contributed by atoms with Crippen molar-refractivity contribution in [3.63, 3.8) is 0 Å². The monoisotopic (exact) mass is 556 g/mol. The summed E-state index contributed by atoms with van der Waals surface area (Å²) >= 11 is 0. The highest BCUT2D eigenvalue weighted by molar-refractivity contribution is 6.05. The lowest BCUT2D eigenvalue weighted by Crippen LogP contribution is -2.42. The van der Waals surface area contributed by atoms with Crippen LogP contribution in [0.4, 0.5) is 11.5 Å². The van der Waals surface area contributed by atoms with Crippen LogP contribution >= 0.6 is 0 Å². The molecule has 4 N–H and O–H groups in total. The summed E-state index contributed by atoms with van der Waals surface area (Å²) in [5.41, 5.74) is 5.13. The number of carbonyl (C=O) groups is 1. The zero-order valence-corrected chi connectivity index (χ0v) is 24.8. The van der Waals surface area contributed by atoms with E-state index < -0.39 is 0 Å². The molecule has 1 aliphatic heterocycles. The van der Waals surface area contributed by atoms with Gasteiger partial charge in [0.25, 0.3) is 5.91 Å². The summed E-state index contributed by atoms with van der Waals surface area (Å²) in [6.45, 7) is 11.1. The normalized spacial score (nSPS) is 13.6. The van der Waals surface area contributed by atoms with Gasteiger partial charge in [0.15, 0.2) is 0 Å². The molecule has 0 aliphatic carbocycles. The molecule has 1 saturated heterocycles. The Kier molecular flexibility index (Phi) is 11.2. The Labute approximate surface area is 243 Å². The molecule has 0 unspecified atom stereocenters. The number of aromatic nitrogens is 3. The number of hydrogen-bond donors (Lipinski definition) is 4. The SMILES string of the molecule is CCC.CN(C)CCCNc1ccc(-c2nc3ccc(NC(=O)c4cccc(CN5CCNCC5)c4)cc3[nH]2)cn1. The van der Waals surface area contributed by atoms with Crippen molar-refractivity contribution in [2.75, 3.05) is 64.0 Å². The predicted octanol–water partition coefficient (Wildman–Crippen LogP) is 5.06. The molecule has 9 nitrogen and oxygen atoms in total. The van der Waals surface area contributed by atoms with Gasteiger partial charge in [0.05, 0.1) is 11.0 Å². The van der Waals surface area contributed by atoms with Gasteiger partial charge in [-0.3, -0.25) is 9.69 Å². The molecule has 41 heavy (non-hydrogen) atoms. The van der Waals surface area contributed by atoms with Crippen molar-refractivity contribution in [1.82, 2.24) is 30.1 Å². The minimum absolute atomic E-state index is 0.121. The number of carbonyl (C=O) groups excluding carboxylic acids is 1. The van der Waals surface area contributed by atoms with Gasteiger partial charge in [-0.25, -0.2) is 9.97 Å². The molecule has 1 aliphatic rings. The van der Waals surface area contributed by atoms with Gasteiger partial charge in [-0.2, -0.15) is 0 Å². The molecule has 0 bridgehead atoms. The van der Waals surface area contributed by atoms with Crippen molar-refractivity contribution in [2.24, 2.45) is 0 Å². The van der Waals surface area contributed by atoms with Crippen LogP contribution in [0.2, 0.25) is 0 Å². The molecular weight excluding hydrogens is 512 g/mol. The maximum Gasteiger partial charge on any atom is 0.255 e. The van der Waals surface area contributed by atoms with Crippen LogP contribution in [0.15, 0.2) is 60.8 Å². The Morgan fingerprint density at radius 1 is 1.05 bits per heavy atom. The smallest absolute Gasteiger partial charge is 0.255 e. The number of rotatable bonds is 10. The Morgan fingerprint density at radius 3 is 2.59 bits per heavy atom. The van der Waals surface area contributed by atoms with Crippen LogP contribution < -0.4 is 16.0 Å². The van der Waals surface area contributed by atoms with E-state index in [9.17, 15) is 4.79 Å². The Hall–Kier alpha value is -3.79. The first-order valence-electron chi connectivity index (χ1n) is 14.6. The molecule has 218 valence electrons. The first kappa shape index (κ1) is 30.2. The fraction of sp³-hybridized carbons (Fsp3) is 0.406. The van der Waals surface area contributed by atoms with E-state index in [4.69, 9.17) is 4.98 Å². The average molecular weight is 557 g/mol. The fourth-order valence-corrected chi connectivity index (χ4v) is 4.62. The molecule has 5 rings (SSSR count). The Bertz CT molecular complexity index is 1380. The van der Waals surface area contributed by atoms with Gasteiger partial charge in [-0.15, -0.1) is 0 Å². The van der Waals surface area contributed by atoms with E-state index in [1.807, 2.05) is 54.7 Å². The van der Waals surface area contributed by atoms with E-state index in [1.54, 1.807) is 0 Å². The average Bonchev–Trinajstić information content (AvgIpc) is 3.40. The molecule has 0 saturated carbocycles. The summed E-state index contributed by atoms with van der Waals surface area (Å²) in [6.07, 6.45) is 4.13. The van der Waals surface area contributed by atoms with E-state index in [0.717, 1.165) is 91.7 Å². The van der Waals surface area contributed by atoms with Crippen LogP contribution in [0.1, 0.15) is 42.6 Å².